The number of hydrogen-bond acceptors (Lipinski definition) is 5. The van der Waals surface area contributed by atoms with E-state index < -0.39 is 0 Å². The molecule has 0 bridgehead atoms. The SMILES string of the molecule is NC(=S)COc1ccccc1NC(=O)c1cncs1. The molecular weight excluding hydrogens is 282 g/mol. The summed E-state index contributed by atoms with van der Waals surface area (Å²) >= 11 is 6.02. The number of para-hydroxylation sites is 2. The van der Waals surface area contributed by atoms with Gasteiger partial charge in [0.2, 0.25) is 0 Å². The Morgan fingerprint density at radius 1 is 1.47 bits per heavy atom. The zero-order valence-electron chi connectivity index (χ0n) is 9.83. The molecule has 0 aliphatic heterocycles. The summed E-state index contributed by atoms with van der Waals surface area (Å²) in [5.41, 5.74) is 7.55. The Labute approximate surface area is 119 Å². The molecule has 0 aliphatic rings. The molecule has 1 aromatic heterocycles. The van der Waals surface area contributed by atoms with Crippen LogP contribution in [-0.4, -0.2) is 22.5 Å². The minimum absolute atomic E-state index is 0.128. The number of thiocarbonyl (C=S) groups is 1. The molecule has 0 unspecified atom stereocenters. The van der Waals surface area contributed by atoms with Crippen molar-refractivity contribution in [2.45, 2.75) is 0 Å². The molecule has 2 rings (SSSR count). The summed E-state index contributed by atoms with van der Waals surface area (Å²) in [5, 5.41) is 2.76. The summed E-state index contributed by atoms with van der Waals surface area (Å²) < 4.78 is 5.42. The van der Waals surface area contributed by atoms with Gasteiger partial charge in [-0.25, -0.2) is 0 Å². The van der Waals surface area contributed by atoms with Crippen LogP contribution in [0, 0.1) is 0 Å². The lowest BCUT2D eigenvalue weighted by Gasteiger charge is -2.11. The Balaban J connectivity index is 2.11. The maximum absolute atomic E-state index is 11.9. The van der Waals surface area contributed by atoms with Crippen molar-refractivity contribution in [2.75, 3.05) is 11.9 Å². The van der Waals surface area contributed by atoms with E-state index in [-0.39, 0.29) is 17.5 Å². The third-order valence-corrected chi connectivity index (χ3v) is 3.05. The third-order valence-electron chi connectivity index (χ3n) is 2.16. The lowest BCUT2D eigenvalue weighted by molar-refractivity contribution is 0.103. The molecule has 19 heavy (non-hydrogen) atoms. The highest BCUT2D eigenvalue weighted by molar-refractivity contribution is 7.80. The summed E-state index contributed by atoms with van der Waals surface area (Å²) in [4.78, 5) is 16.6. The van der Waals surface area contributed by atoms with Gasteiger partial charge in [0.25, 0.3) is 5.91 Å². The Morgan fingerprint density at radius 2 is 2.26 bits per heavy atom. The Morgan fingerprint density at radius 3 is 2.95 bits per heavy atom. The smallest absolute Gasteiger partial charge is 0.267 e. The standard InChI is InChI=1S/C12H11N3O2S2/c13-11(18)6-17-9-4-2-1-3-8(9)15-12(16)10-5-14-7-19-10/h1-5,7H,6H2,(H2,13,18)(H,15,16). The Bertz CT molecular complexity index is 584. The zero-order valence-corrected chi connectivity index (χ0v) is 11.5. The predicted molar refractivity (Wildman–Crippen MR) is 78.8 cm³/mol. The van der Waals surface area contributed by atoms with E-state index in [1.54, 1.807) is 29.8 Å². The maximum Gasteiger partial charge on any atom is 0.267 e. The number of ether oxygens (including phenoxy) is 1. The van der Waals surface area contributed by atoms with Gasteiger partial charge in [-0.3, -0.25) is 9.78 Å². The Kier molecular flexibility index (Phi) is 4.43. The van der Waals surface area contributed by atoms with Gasteiger partial charge >= 0.3 is 0 Å². The van der Waals surface area contributed by atoms with E-state index in [2.05, 4.69) is 10.3 Å². The van der Waals surface area contributed by atoms with E-state index in [0.29, 0.717) is 16.3 Å². The lowest BCUT2D eigenvalue weighted by atomic mass is 10.3. The quantitative estimate of drug-likeness (QED) is 0.825. The van der Waals surface area contributed by atoms with Crippen molar-refractivity contribution in [1.82, 2.24) is 4.98 Å². The molecular formula is C12H11N3O2S2. The van der Waals surface area contributed by atoms with Crippen molar-refractivity contribution in [1.29, 1.82) is 0 Å². The molecule has 0 saturated carbocycles. The van der Waals surface area contributed by atoms with Gasteiger partial charge in [0.1, 0.15) is 22.2 Å². The molecule has 1 amide bonds. The topological polar surface area (TPSA) is 77.2 Å². The van der Waals surface area contributed by atoms with Crippen molar-refractivity contribution in [2.24, 2.45) is 5.73 Å². The summed E-state index contributed by atoms with van der Waals surface area (Å²) in [6, 6.07) is 7.08. The molecule has 2 aromatic rings. The van der Waals surface area contributed by atoms with Crippen LogP contribution in [0.1, 0.15) is 9.67 Å². The number of aromatic nitrogens is 1. The van der Waals surface area contributed by atoms with Gasteiger partial charge in [-0.1, -0.05) is 24.4 Å². The van der Waals surface area contributed by atoms with Gasteiger partial charge in [0.05, 0.1) is 17.4 Å². The molecule has 98 valence electrons. The van der Waals surface area contributed by atoms with E-state index in [0.717, 1.165) is 0 Å². The number of benzene rings is 1. The number of carbonyl (C=O) groups is 1. The summed E-state index contributed by atoms with van der Waals surface area (Å²) in [7, 11) is 0. The number of nitrogens with one attached hydrogen (secondary N) is 1. The maximum atomic E-state index is 11.9. The summed E-state index contributed by atoms with van der Waals surface area (Å²) in [6.45, 7) is 0.128. The van der Waals surface area contributed by atoms with Crippen molar-refractivity contribution < 1.29 is 9.53 Å². The molecule has 0 aliphatic carbocycles. The van der Waals surface area contributed by atoms with Gasteiger partial charge in [-0.15, -0.1) is 11.3 Å². The van der Waals surface area contributed by atoms with Crippen LogP contribution in [0.2, 0.25) is 0 Å². The molecule has 0 saturated heterocycles. The van der Waals surface area contributed by atoms with Crippen LogP contribution in [0.4, 0.5) is 5.69 Å². The van der Waals surface area contributed by atoms with E-state index >= 15 is 0 Å². The number of amides is 1. The molecule has 5 nitrogen and oxygen atoms in total. The van der Waals surface area contributed by atoms with Gasteiger partial charge in [0.15, 0.2) is 0 Å². The first-order chi connectivity index (χ1) is 9.16. The van der Waals surface area contributed by atoms with E-state index in [9.17, 15) is 4.79 Å². The second kappa shape index (κ2) is 6.26. The highest BCUT2D eigenvalue weighted by Gasteiger charge is 2.11. The van der Waals surface area contributed by atoms with Gasteiger partial charge in [0, 0.05) is 0 Å². The number of carbonyl (C=O) groups excluding carboxylic acids is 1. The third kappa shape index (κ3) is 3.73. The number of rotatable bonds is 5. The molecule has 0 radical (unpaired) electrons. The fraction of sp³-hybridized carbons (Fsp3) is 0.0833. The second-order valence-corrected chi connectivity index (χ2v) is 4.98. The molecule has 7 heteroatoms. The average Bonchev–Trinajstić information content (AvgIpc) is 2.91. The van der Waals surface area contributed by atoms with Crippen LogP contribution in [-0.2, 0) is 0 Å². The molecule has 1 aromatic carbocycles. The fourth-order valence-corrected chi connectivity index (χ4v) is 1.93. The average molecular weight is 293 g/mol. The first-order valence-corrected chi connectivity index (χ1v) is 6.65. The van der Waals surface area contributed by atoms with Gasteiger partial charge in [-0.05, 0) is 12.1 Å². The highest BCUT2D eigenvalue weighted by Crippen LogP contribution is 2.24. The highest BCUT2D eigenvalue weighted by atomic mass is 32.1. The number of nitrogens with zero attached hydrogens (tertiary/aromatic N) is 1. The zero-order chi connectivity index (χ0) is 13.7. The van der Waals surface area contributed by atoms with Crippen LogP contribution in [0.25, 0.3) is 0 Å². The van der Waals surface area contributed by atoms with Gasteiger partial charge < -0.3 is 15.8 Å². The first-order valence-electron chi connectivity index (χ1n) is 5.37. The molecule has 0 atom stereocenters. The van der Waals surface area contributed by atoms with Crippen molar-refractivity contribution in [3.63, 3.8) is 0 Å². The van der Waals surface area contributed by atoms with E-state index in [1.165, 1.54) is 17.5 Å². The second-order valence-electron chi connectivity index (χ2n) is 3.57. The van der Waals surface area contributed by atoms with E-state index in [4.69, 9.17) is 22.7 Å². The van der Waals surface area contributed by atoms with Crippen molar-refractivity contribution in [3.8, 4) is 5.75 Å². The van der Waals surface area contributed by atoms with Crippen LogP contribution >= 0.6 is 23.6 Å². The minimum atomic E-state index is -0.228. The predicted octanol–water partition coefficient (Wildman–Crippen LogP) is 2.06. The number of nitrogens with two attached hydrogens (primary N) is 1. The monoisotopic (exact) mass is 293 g/mol. The number of thiazole rings is 1. The number of hydrogen-bond donors (Lipinski definition) is 2. The normalized spacial score (nSPS) is 9.89. The minimum Gasteiger partial charge on any atom is -0.484 e. The molecule has 1 heterocycles. The summed E-state index contributed by atoms with van der Waals surface area (Å²) in [6.07, 6.45) is 1.51. The lowest BCUT2D eigenvalue weighted by Crippen LogP contribution is -2.19. The van der Waals surface area contributed by atoms with Gasteiger partial charge in [-0.2, -0.15) is 0 Å². The van der Waals surface area contributed by atoms with Crippen LogP contribution in [0.15, 0.2) is 36.0 Å². The summed E-state index contributed by atoms with van der Waals surface area (Å²) in [5.74, 6) is 0.294. The fourth-order valence-electron chi connectivity index (χ4n) is 1.36. The molecule has 3 N–H and O–H groups in total. The molecule has 0 spiro atoms. The Hall–Kier alpha value is -1.99. The first kappa shape index (κ1) is 13.4. The van der Waals surface area contributed by atoms with Crippen LogP contribution in [0.3, 0.4) is 0 Å². The van der Waals surface area contributed by atoms with Crippen LogP contribution < -0.4 is 15.8 Å². The van der Waals surface area contributed by atoms with Crippen molar-refractivity contribution in [3.05, 3.63) is 40.8 Å². The van der Waals surface area contributed by atoms with E-state index in [1.807, 2.05) is 0 Å². The van der Waals surface area contributed by atoms with Crippen molar-refractivity contribution >= 4 is 40.1 Å². The van der Waals surface area contributed by atoms with Crippen LogP contribution in [0.5, 0.6) is 5.75 Å². The largest absolute Gasteiger partial charge is 0.484 e. The number of anilines is 1. The molecule has 0 fully saturated rings.